The zero-order valence-corrected chi connectivity index (χ0v) is 14.1. The van der Waals surface area contributed by atoms with E-state index in [2.05, 4.69) is 4.98 Å². The summed E-state index contributed by atoms with van der Waals surface area (Å²) in [5.74, 6) is 1.13. The molecule has 4 nitrogen and oxygen atoms in total. The maximum absolute atomic E-state index is 14.6. The Balaban J connectivity index is 1.53. The van der Waals surface area contributed by atoms with Crippen LogP contribution in [0.3, 0.4) is 0 Å². The summed E-state index contributed by atoms with van der Waals surface area (Å²) in [5, 5.41) is 0. The Hall–Kier alpha value is -1.40. The van der Waals surface area contributed by atoms with Gasteiger partial charge in [-0.05, 0) is 58.2 Å². The van der Waals surface area contributed by atoms with Crippen LogP contribution in [-0.2, 0) is 9.31 Å². The van der Waals surface area contributed by atoms with E-state index in [0.29, 0.717) is 25.4 Å². The molecule has 1 aromatic heterocycles. The first-order chi connectivity index (χ1) is 10.8. The maximum Gasteiger partial charge on any atom is 0.525 e. The average molecular weight is 319 g/mol. The number of ether oxygens (including phenoxy) is 1. The predicted molar refractivity (Wildman–Crippen MR) is 86.7 cm³/mol. The Morgan fingerprint density at radius 1 is 1.22 bits per heavy atom. The van der Waals surface area contributed by atoms with Gasteiger partial charge in [-0.15, -0.1) is 0 Å². The summed E-state index contributed by atoms with van der Waals surface area (Å²) in [6.07, 6.45) is 4.78. The van der Waals surface area contributed by atoms with Crippen molar-refractivity contribution >= 4 is 7.12 Å². The predicted octanol–water partition coefficient (Wildman–Crippen LogP) is 3.73. The molecule has 1 aliphatic carbocycles. The summed E-state index contributed by atoms with van der Waals surface area (Å²) >= 11 is 0. The molecular weight excluding hydrogens is 296 g/mol. The molecule has 2 fully saturated rings. The monoisotopic (exact) mass is 319 g/mol. The second kappa shape index (κ2) is 5.91. The van der Waals surface area contributed by atoms with Crippen LogP contribution in [0.4, 0.5) is 4.39 Å². The van der Waals surface area contributed by atoms with Crippen LogP contribution >= 0.6 is 0 Å². The summed E-state index contributed by atoms with van der Waals surface area (Å²) < 4.78 is 31.7. The lowest BCUT2D eigenvalue weighted by molar-refractivity contribution is 0.00578. The first-order valence-corrected chi connectivity index (χ1v) is 8.04. The van der Waals surface area contributed by atoms with E-state index in [1.807, 2.05) is 39.8 Å². The summed E-state index contributed by atoms with van der Waals surface area (Å²) in [7, 11) is -0.878. The maximum atomic E-state index is 14.6. The minimum absolute atomic E-state index is 0.260. The van der Waals surface area contributed by atoms with E-state index >= 15 is 0 Å². The molecule has 1 aliphatic heterocycles. The fraction of sp³-hybridized carbons (Fsp3) is 0.588. The molecule has 0 N–H and O–H groups in total. The van der Waals surface area contributed by atoms with Crippen LogP contribution in [0.15, 0.2) is 35.8 Å². The third-order valence-corrected chi connectivity index (χ3v) is 5.00. The molecule has 0 atom stereocenters. The molecule has 2 heterocycles. The largest absolute Gasteiger partial charge is 0.525 e. The molecule has 6 heteroatoms. The fourth-order valence-corrected chi connectivity index (χ4v) is 2.71. The summed E-state index contributed by atoms with van der Waals surface area (Å²) in [6.45, 7) is 8.30. The van der Waals surface area contributed by atoms with Gasteiger partial charge in [0, 0.05) is 18.3 Å². The molecule has 1 saturated carbocycles. The average Bonchev–Trinajstić information content (AvgIpc) is 2.66. The Morgan fingerprint density at radius 3 is 2.35 bits per heavy atom. The highest BCUT2D eigenvalue weighted by Gasteiger charge is 2.54. The minimum Gasteiger partial charge on any atom is -0.493 e. The molecule has 0 bridgehead atoms. The lowest BCUT2D eigenvalue weighted by Crippen LogP contribution is -2.41. The van der Waals surface area contributed by atoms with Gasteiger partial charge in [-0.2, -0.15) is 0 Å². The van der Waals surface area contributed by atoms with Crippen molar-refractivity contribution in [1.82, 2.24) is 4.98 Å². The standard InChI is InChI=1S/C17H23BFNO3/c1-16(2)17(3,4)23-18(22-16)15(19)13-9-12(10-13)11-21-14-5-7-20-8-6-14/h5-8,12H,9-11H2,1-4H3. The Kier molecular flexibility index (Phi) is 4.23. The van der Waals surface area contributed by atoms with E-state index in [1.54, 1.807) is 12.4 Å². The SMILES string of the molecule is CC1(C)OB(C(F)=C2CC(COc3ccncc3)C2)OC1(C)C. The number of rotatable bonds is 4. The number of aromatic nitrogens is 1. The normalized spacial score (nSPS) is 25.2. The van der Waals surface area contributed by atoms with Crippen molar-refractivity contribution in [3.05, 3.63) is 35.8 Å². The second-order valence-electron chi connectivity index (χ2n) is 7.31. The van der Waals surface area contributed by atoms with E-state index in [-0.39, 0.29) is 5.73 Å². The highest BCUT2D eigenvalue weighted by Crippen LogP contribution is 2.43. The molecule has 1 aromatic rings. The molecule has 124 valence electrons. The lowest BCUT2D eigenvalue weighted by Gasteiger charge is -2.32. The Morgan fingerprint density at radius 2 is 1.78 bits per heavy atom. The Bertz CT molecular complexity index is 579. The molecule has 0 spiro atoms. The van der Waals surface area contributed by atoms with E-state index in [1.165, 1.54) is 0 Å². The summed E-state index contributed by atoms with van der Waals surface area (Å²) in [5.41, 5.74) is -0.498. The van der Waals surface area contributed by atoms with Crippen molar-refractivity contribution in [1.29, 1.82) is 0 Å². The van der Waals surface area contributed by atoms with Crippen molar-refractivity contribution in [3.8, 4) is 5.75 Å². The van der Waals surface area contributed by atoms with Crippen molar-refractivity contribution in [2.75, 3.05) is 6.61 Å². The van der Waals surface area contributed by atoms with Gasteiger partial charge in [-0.3, -0.25) is 4.98 Å². The van der Waals surface area contributed by atoms with Gasteiger partial charge in [0.05, 0.1) is 17.8 Å². The van der Waals surface area contributed by atoms with Crippen LogP contribution in [-0.4, -0.2) is 29.9 Å². The number of allylic oxidation sites excluding steroid dienone is 1. The van der Waals surface area contributed by atoms with Crippen LogP contribution in [0, 0.1) is 5.92 Å². The Labute approximate surface area is 137 Å². The number of nitrogens with zero attached hydrogens (tertiary/aromatic N) is 1. The van der Waals surface area contributed by atoms with Gasteiger partial charge in [0.25, 0.3) is 0 Å². The number of halogens is 1. The van der Waals surface area contributed by atoms with Crippen LogP contribution < -0.4 is 4.74 Å². The van der Waals surface area contributed by atoms with Crippen LogP contribution in [0.2, 0.25) is 0 Å². The molecule has 3 rings (SSSR count). The molecular formula is C17H23BFNO3. The molecule has 0 unspecified atom stereocenters. The quantitative estimate of drug-likeness (QED) is 0.793. The fourth-order valence-electron chi connectivity index (χ4n) is 2.71. The molecule has 1 saturated heterocycles. The van der Waals surface area contributed by atoms with Gasteiger partial charge in [0.2, 0.25) is 0 Å². The summed E-state index contributed by atoms with van der Waals surface area (Å²) in [6, 6.07) is 3.64. The van der Waals surface area contributed by atoms with Crippen LogP contribution in [0.1, 0.15) is 40.5 Å². The highest BCUT2D eigenvalue weighted by atomic mass is 19.1. The zero-order valence-electron chi connectivity index (χ0n) is 14.1. The molecule has 0 amide bonds. The van der Waals surface area contributed by atoms with Gasteiger partial charge in [0.15, 0.2) is 0 Å². The molecule has 0 aromatic carbocycles. The van der Waals surface area contributed by atoms with Gasteiger partial charge in [-0.25, -0.2) is 4.39 Å². The highest BCUT2D eigenvalue weighted by molar-refractivity contribution is 6.53. The van der Waals surface area contributed by atoms with E-state index < -0.39 is 18.3 Å². The van der Waals surface area contributed by atoms with Gasteiger partial charge in [-0.1, -0.05) is 0 Å². The zero-order chi connectivity index (χ0) is 16.7. The van der Waals surface area contributed by atoms with E-state index in [0.717, 1.165) is 11.3 Å². The topological polar surface area (TPSA) is 40.6 Å². The van der Waals surface area contributed by atoms with Crippen molar-refractivity contribution < 1.29 is 18.4 Å². The molecule has 0 radical (unpaired) electrons. The first kappa shape index (κ1) is 16.5. The van der Waals surface area contributed by atoms with Crippen LogP contribution in [0.5, 0.6) is 5.75 Å². The minimum atomic E-state index is -0.878. The van der Waals surface area contributed by atoms with Crippen molar-refractivity contribution in [2.45, 2.75) is 51.7 Å². The number of pyridine rings is 1. The van der Waals surface area contributed by atoms with Crippen molar-refractivity contribution in [2.24, 2.45) is 5.92 Å². The number of hydrogen-bond acceptors (Lipinski definition) is 4. The van der Waals surface area contributed by atoms with Crippen LogP contribution in [0.25, 0.3) is 0 Å². The lowest BCUT2D eigenvalue weighted by atomic mass is 9.73. The van der Waals surface area contributed by atoms with E-state index in [4.69, 9.17) is 14.0 Å². The number of hydrogen-bond donors (Lipinski definition) is 0. The van der Waals surface area contributed by atoms with Gasteiger partial charge >= 0.3 is 7.12 Å². The first-order valence-electron chi connectivity index (χ1n) is 8.04. The van der Waals surface area contributed by atoms with Crippen molar-refractivity contribution in [3.63, 3.8) is 0 Å². The molecule has 2 aliphatic rings. The van der Waals surface area contributed by atoms with Gasteiger partial charge in [0.1, 0.15) is 11.5 Å². The second-order valence-corrected chi connectivity index (χ2v) is 7.31. The summed E-state index contributed by atoms with van der Waals surface area (Å²) in [4.78, 5) is 3.94. The third kappa shape index (κ3) is 3.28. The smallest absolute Gasteiger partial charge is 0.493 e. The van der Waals surface area contributed by atoms with Gasteiger partial charge < -0.3 is 14.0 Å². The molecule has 23 heavy (non-hydrogen) atoms. The van der Waals surface area contributed by atoms with E-state index in [9.17, 15) is 4.39 Å². The third-order valence-electron chi connectivity index (χ3n) is 5.00.